The van der Waals surface area contributed by atoms with E-state index in [-0.39, 0.29) is 6.04 Å². The van der Waals surface area contributed by atoms with E-state index in [0.717, 1.165) is 10.6 Å². The van der Waals surface area contributed by atoms with Gasteiger partial charge in [-0.1, -0.05) is 23.7 Å². The molecular weight excluding hydrogens is 258 g/mol. The van der Waals surface area contributed by atoms with Gasteiger partial charge in [-0.05, 0) is 42.3 Å². The van der Waals surface area contributed by atoms with Gasteiger partial charge in [-0.2, -0.15) is 5.26 Å². The third-order valence-corrected chi connectivity index (χ3v) is 3.17. The second kappa shape index (κ2) is 6.33. The predicted octanol–water partition coefficient (Wildman–Crippen LogP) is 3.46. The molecule has 1 atom stereocenters. The van der Waals surface area contributed by atoms with Crippen molar-refractivity contribution in [2.24, 2.45) is 0 Å². The number of hydrogen-bond acceptors (Lipinski definition) is 3. The summed E-state index contributed by atoms with van der Waals surface area (Å²) in [7, 11) is 0. The summed E-state index contributed by atoms with van der Waals surface area (Å²) in [5.41, 5.74) is 2.67. The van der Waals surface area contributed by atoms with E-state index >= 15 is 0 Å². The number of benzene rings is 1. The highest BCUT2D eigenvalue weighted by Crippen LogP contribution is 2.16. The van der Waals surface area contributed by atoms with Crippen molar-refractivity contribution in [1.29, 1.82) is 5.26 Å². The quantitative estimate of drug-likeness (QED) is 0.926. The zero-order valence-corrected chi connectivity index (χ0v) is 11.4. The molecule has 0 aliphatic heterocycles. The lowest BCUT2D eigenvalue weighted by atomic mass is 10.1. The molecule has 0 aliphatic rings. The first-order chi connectivity index (χ1) is 9.19. The van der Waals surface area contributed by atoms with Gasteiger partial charge in [0.05, 0.1) is 0 Å². The molecule has 0 saturated heterocycles. The highest BCUT2D eigenvalue weighted by molar-refractivity contribution is 6.30. The first-order valence-corrected chi connectivity index (χ1v) is 6.40. The van der Waals surface area contributed by atoms with E-state index < -0.39 is 0 Å². The van der Waals surface area contributed by atoms with Crippen LogP contribution in [0.1, 0.15) is 29.8 Å². The number of aromatic nitrogens is 1. The molecule has 0 aliphatic carbocycles. The lowest BCUT2D eigenvalue weighted by Crippen LogP contribution is -2.18. The van der Waals surface area contributed by atoms with E-state index in [0.29, 0.717) is 12.2 Å². The Morgan fingerprint density at radius 1 is 1.32 bits per heavy atom. The maximum atomic E-state index is 8.80. The number of nitrogens with zero attached hydrogens (tertiary/aromatic N) is 2. The minimum absolute atomic E-state index is 0.218. The Bertz CT molecular complexity index is 587. The van der Waals surface area contributed by atoms with Gasteiger partial charge in [-0.15, -0.1) is 0 Å². The van der Waals surface area contributed by atoms with Crippen LogP contribution in [-0.2, 0) is 6.54 Å². The normalized spacial score (nSPS) is 11.8. The molecule has 1 heterocycles. The van der Waals surface area contributed by atoms with E-state index in [1.165, 1.54) is 5.56 Å². The van der Waals surface area contributed by atoms with Crippen molar-refractivity contribution in [2.45, 2.75) is 19.5 Å². The van der Waals surface area contributed by atoms with Gasteiger partial charge < -0.3 is 5.32 Å². The molecule has 0 bridgehead atoms. The van der Waals surface area contributed by atoms with Crippen LogP contribution in [0.3, 0.4) is 0 Å². The van der Waals surface area contributed by atoms with Crippen molar-refractivity contribution in [1.82, 2.24) is 10.3 Å². The fraction of sp³-hybridized carbons (Fsp3) is 0.200. The van der Waals surface area contributed by atoms with Crippen molar-refractivity contribution in [3.63, 3.8) is 0 Å². The Balaban J connectivity index is 1.98. The summed E-state index contributed by atoms with van der Waals surface area (Å²) in [6, 6.07) is 13.7. The molecule has 2 rings (SSSR count). The third-order valence-electron chi connectivity index (χ3n) is 2.92. The van der Waals surface area contributed by atoms with Gasteiger partial charge in [0.2, 0.25) is 0 Å². The second-order valence-electron chi connectivity index (χ2n) is 4.32. The standard InChI is InChI=1S/C15H14ClN3/c1-11(13-2-4-14(16)5-3-13)19-10-12-6-7-18-15(8-12)9-17/h2-8,11,19H,10H2,1H3/t11-/m1/s1. The number of halogens is 1. The van der Waals surface area contributed by atoms with Crippen LogP contribution >= 0.6 is 11.6 Å². The average molecular weight is 272 g/mol. The van der Waals surface area contributed by atoms with E-state index in [1.807, 2.05) is 36.4 Å². The van der Waals surface area contributed by atoms with Crippen molar-refractivity contribution in [3.05, 3.63) is 64.4 Å². The molecule has 0 radical (unpaired) electrons. The lowest BCUT2D eigenvalue weighted by molar-refractivity contribution is 0.574. The van der Waals surface area contributed by atoms with Crippen LogP contribution in [0.2, 0.25) is 5.02 Å². The Morgan fingerprint density at radius 2 is 2.05 bits per heavy atom. The average Bonchev–Trinajstić information content (AvgIpc) is 2.46. The van der Waals surface area contributed by atoms with Crippen molar-refractivity contribution in [3.8, 4) is 6.07 Å². The number of pyridine rings is 1. The Hall–Kier alpha value is -1.89. The third kappa shape index (κ3) is 3.78. The maximum absolute atomic E-state index is 8.80. The number of hydrogen-bond donors (Lipinski definition) is 1. The minimum Gasteiger partial charge on any atom is -0.306 e. The summed E-state index contributed by atoms with van der Waals surface area (Å²) in [6.45, 7) is 2.79. The summed E-state index contributed by atoms with van der Waals surface area (Å²) < 4.78 is 0. The number of rotatable bonds is 4. The van der Waals surface area contributed by atoms with Gasteiger partial charge >= 0.3 is 0 Å². The molecule has 0 spiro atoms. The molecule has 0 unspecified atom stereocenters. The summed E-state index contributed by atoms with van der Waals surface area (Å²) in [4.78, 5) is 3.95. The summed E-state index contributed by atoms with van der Waals surface area (Å²) in [5.74, 6) is 0. The van der Waals surface area contributed by atoms with Crippen LogP contribution in [0.15, 0.2) is 42.6 Å². The van der Waals surface area contributed by atoms with Crippen LogP contribution in [0.25, 0.3) is 0 Å². The second-order valence-corrected chi connectivity index (χ2v) is 4.75. The van der Waals surface area contributed by atoms with E-state index in [1.54, 1.807) is 12.3 Å². The monoisotopic (exact) mass is 271 g/mol. The van der Waals surface area contributed by atoms with Crippen LogP contribution in [0.5, 0.6) is 0 Å². The molecule has 1 aromatic carbocycles. The molecule has 0 saturated carbocycles. The van der Waals surface area contributed by atoms with E-state index in [2.05, 4.69) is 17.2 Å². The molecule has 19 heavy (non-hydrogen) atoms. The summed E-state index contributed by atoms with van der Waals surface area (Å²) in [5, 5.41) is 12.9. The first kappa shape index (κ1) is 13.5. The molecule has 1 N–H and O–H groups in total. The number of nitriles is 1. The van der Waals surface area contributed by atoms with Crippen LogP contribution in [0, 0.1) is 11.3 Å². The van der Waals surface area contributed by atoms with Gasteiger partial charge in [0.25, 0.3) is 0 Å². The van der Waals surface area contributed by atoms with Crippen LogP contribution < -0.4 is 5.32 Å². The molecule has 3 nitrogen and oxygen atoms in total. The summed E-state index contributed by atoms with van der Waals surface area (Å²) in [6.07, 6.45) is 1.66. The largest absolute Gasteiger partial charge is 0.306 e. The fourth-order valence-electron chi connectivity index (χ4n) is 1.79. The first-order valence-electron chi connectivity index (χ1n) is 6.03. The SMILES string of the molecule is C[C@@H](NCc1ccnc(C#N)c1)c1ccc(Cl)cc1. The molecular formula is C15H14ClN3. The zero-order chi connectivity index (χ0) is 13.7. The Labute approximate surface area is 117 Å². The molecule has 0 amide bonds. The van der Waals surface area contributed by atoms with Crippen molar-refractivity contribution < 1.29 is 0 Å². The zero-order valence-electron chi connectivity index (χ0n) is 10.6. The molecule has 4 heteroatoms. The van der Waals surface area contributed by atoms with Gasteiger partial charge in [0.15, 0.2) is 0 Å². The smallest absolute Gasteiger partial charge is 0.140 e. The predicted molar refractivity (Wildman–Crippen MR) is 75.7 cm³/mol. The van der Waals surface area contributed by atoms with Crippen molar-refractivity contribution >= 4 is 11.6 Å². The summed E-state index contributed by atoms with van der Waals surface area (Å²) >= 11 is 5.86. The van der Waals surface area contributed by atoms with E-state index in [4.69, 9.17) is 16.9 Å². The highest BCUT2D eigenvalue weighted by atomic mass is 35.5. The lowest BCUT2D eigenvalue weighted by Gasteiger charge is -2.14. The highest BCUT2D eigenvalue weighted by Gasteiger charge is 2.05. The molecule has 96 valence electrons. The van der Waals surface area contributed by atoms with Gasteiger partial charge in [-0.25, -0.2) is 4.98 Å². The molecule has 1 aromatic heterocycles. The maximum Gasteiger partial charge on any atom is 0.140 e. The minimum atomic E-state index is 0.218. The Morgan fingerprint density at radius 3 is 2.74 bits per heavy atom. The van der Waals surface area contributed by atoms with E-state index in [9.17, 15) is 0 Å². The van der Waals surface area contributed by atoms with Crippen molar-refractivity contribution in [2.75, 3.05) is 0 Å². The van der Waals surface area contributed by atoms with Crippen LogP contribution in [-0.4, -0.2) is 4.98 Å². The van der Waals surface area contributed by atoms with Gasteiger partial charge in [0, 0.05) is 23.8 Å². The Kier molecular flexibility index (Phi) is 4.51. The molecule has 0 fully saturated rings. The topological polar surface area (TPSA) is 48.7 Å². The number of nitrogens with one attached hydrogen (secondary N) is 1. The fourth-order valence-corrected chi connectivity index (χ4v) is 1.91. The molecule has 2 aromatic rings. The van der Waals surface area contributed by atoms with Gasteiger partial charge in [0.1, 0.15) is 11.8 Å². The van der Waals surface area contributed by atoms with Gasteiger partial charge in [-0.3, -0.25) is 0 Å². The van der Waals surface area contributed by atoms with Crippen LogP contribution in [0.4, 0.5) is 0 Å².